The van der Waals surface area contributed by atoms with Gasteiger partial charge in [0.15, 0.2) is 5.78 Å². The Morgan fingerprint density at radius 1 is 0.795 bits per heavy atom. The monoisotopic (exact) mass is 550 g/mol. The molecule has 0 fully saturated rings. The van der Waals surface area contributed by atoms with Crippen LogP contribution in [0, 0.1) is 5.92 Å². The fourth-order valence-corrected chi connectivity index (χ4v) is 5.51. The van der Waals surface area contributed by atoms with Crippen molar-refractivity contribution in [3.8, 4) is 0 Å². The number of rotatable bonds is 13. The summed E-state index contributed by atoms with van der Waals surface area (Å²) in [4.78, 5) is 49.9. The zero-order valence-electron chi connectivity index (χ0n) is 22.2. The van der Waals surface area contributed by atoms with Gasteiger partial charge in [0.2, 0.25) is 13.3 Å². The molecule has 0 bridgehead atoms. The Hall–Kier alpha value is -3.74. The maximum absolute atomic E-state index is 13.4. The highest BCUT2D eigenvalue weighted by Crippen LogP contribution is 2.39. The minimum absolute atomic E-state index is 0.0447. The van der Waals surface area contributed by atoms with Crippen LogP contribution in [0.4, 0.5) is 4.79 Å². The summed E-state index contributed by atoms with van der Waals surface area (Å²) in [7, 11) is -4.00. The molecule has 3 rings (SSSR count). The summed E-state index contributed by atoms with van der Waals surface area (Å²) in [5.74, 6) is -1.09. The highest BCUT2D eigenvalue weighted by molar-refractivity contribution is 7.66. The van der Waals surface area contributed by atoms with E-state index in [1.54, 1.807) is 18.2 Å². The van der Waals surface area contributed by atoms with E-state index in [0.29, 0.717) is 6.42 Å². The van der Waals surface area contributed by atoms with E-state index in [4.69, 9.17) is 4.74 Å². The van der Waals surface area contributed by atoms with Crippen LogP contribution in [-0.4, -0.2) is 40.9 Å². The number of hydrogen-bond donors (Lipinski definition) is 3. The first-order chi connectivity index (χ1) is 18.6. The number of alkyl carbamates (subject to hydrolysis) is 1. The summed E-state index contributed by atoms with van der Waals surface area (Å²) < 4.78 is 18.3. The molecule has 2 unspecified atom stereocenters. The van der Waals surface area contributed by atoms with E-state index in [1.807, 2.05) is 74.5 Å². The van der Waals surface area contributed by atoms with E-state index in [9.17, 15) is 23.8 Å². The molecular weight excluding hydrogens is 515 g/mol. The second-order valence-electron chi connectivity index (χ2n) is 9.80. The molecule has 3 aromatic carbocycles. The molecule has 39 heavy (non-hydrogen) atoms. The number of Topliss-reactive ketones (excluding diaryl/α,β-unsaturated/α-hetero) is 1. The average molecular weight is 551 g/mol. The molecule has 0 radical (unpaired) electrons. The summed E-state index contributed by atoms with van der Waals surface area (Å²) in [6, 6.07) is 24.2. The number of nitrogens with one attached hydrogen (secondary N) is 2. The molecule has 9 heteroatoms. The van der Waals surface area contributed by atoms with Crippen LogP contribution in [0.1, 0.15) is 31.4 Å². The van der Waals surface area contributed by atoms with Crippen molar-refractivity contribution in [1.82, 2.24) is 10.6 Å². The lowest BCUT2D eigenvalue weighted by Crippen LogP contribution is -2.53. The van der Waals surface area contributed by atoms with Crippen LogP contribution in [-0.2, 0) is 31.9 Å². The van der Waals surface area contributed by atoms with Gasteiger partial charge in [-0.2, -0.15) is 0 Å². The predicted octanol–water partition coefficient (Wildman–Crippen LogP) is 4.22. The van der Waals surface area contributed by atoms with Gasteiger partial charge in [-0.25, -0.2) is 4.79 Å². The van der Waals surface area contributed by atoms with Crippen molar-refractivity contribution >= 4 is 30.5 Å². The second-order valence-corrected chi connectivity index (χ2v) is 12.0. The maximum atomic E-state index is 13.4. The summed E-state index contributed by atoms with van der Waals surface area (Å²) in [6.45, 7) is 3.86. The number of benzene rings is 3. The lowest BCUT2D eigenvalue weighted by atomic mass is 10.00. The van der Waals surface area contributed by atoms with Crippen LogP contribution in [0.5, 0.6) is 0 Å². The number of carbonyl (C=O) groups excluding carboxylic acids is 3. The van der Waals surface area contributed by atoms with Gasteiger partial charge in [0.05, 0.1) is 12.2 Å². The van der Waals surface area contributed by atoms with Gasteiger partial charge in [-0.05, 0) is 42.0 Å². The van der Waals surface area contributed by atoms with E-state index >= 15 is 0 Å². The first kappa shape index (κ1) is 29.8. The SMILES string of the molecule is CC(C)C[C@H](NC(=O)OCc1ccccc1)C(=O)NC(Cc1ccccc1)C(=O)CP(=O)(O)c1ccccc1. The van der Waals surface area contributed by atoms with E-state index in [1.165, 1.54) is 12.1 Å². The summed E-state index contributed by atoms with van der Waals surface area (Å²) >= 11 is 0. The van der Waals surface area contributed by atoms with Gasteiger partial charge in [-0.15, -0.1) is 0 Å². The number of carbonyl (C=O) groups is 3. The largest absolute Gasteiger partial charge is 0.445 e. The number of ether oxygens (including phenoxy) is 1. The third-order valence-corrected chi connectivity index (χ3v) is 7.89. The van der Waals surface area contributed by atoms with Gasteiger partial charge in [0.25, 0.3) is 0 Å². The summed E-state index contributed by atoms with van der Waals surface area (Å²) in [5.41, 5.74) is 1.58. The van der Waals surface area contributed by atoms with E-state index in [0.717, 1.165) is 11.1 Å². The third kappa shape index (κ3) is 9.82. The van der Waals surface area contributed by atoms with Gasteiger partial charge < -0.3 is 20.3 Å². The Balaban J connectivity index is 1.74. The molecule has 3 aromatic rings. The highest BCUT2D eigenvalue weighted by Gasteiger charge is 2.32. The molecule has 2 amide bonds. The summed E-state index contributed by atoms with van der Waals surface area (Å²) in [6.07, 6.45) is -0.945. The second kappa shape index (κ2) is 14.4. The van der Waals surface area contributed by atoms with E-state index in [2.05, 4.69) is 10.6 Å². The molecule has 0 aromatic heterocycles. The molecule has 0 saturated heterocycles. The van der Waals surface area contributed by atoms with Crippen molar-refractivity contribution in [3.05, 3.63) is 102 Å². The van der Waals surface area contributed by atoms with Crippen LogP contribution >= 0.6 is 7.37 Å². The van der Waals surface area contributed by atoms with Crippen molar-refractivity contribution in [2.75, 3.05) is 6.16 Å². The standard InChI is InChI=1S/C30H35N2O6P/c1-22(2)18-27(32-30(35)38-20-24-14-8-4-9-15-24)29(34)31-26(19-23-12-6-3-7-13-23)28(33)21-39(36,37)25-16-10-5-11-17-25/h3-17,22,26-27H,18-21H2,1-2H3,(H,31,34)(H,32,35)(H,36,37)/t26?,27-/m0/s1. The third-order valence-electron chi connectivity index (χ3n) is 6.05. The van der Waals surface area contributed by atoms with Crippen LogP contribution in [0.25, 0.3) is 0 Å². The first-order valence-electron chi connectivity index (χ1n) is 12.9. The zero-order valence-corrected chi connectivity index (χ0v) is 23.1. The molecule has 0 aliphatic carbocycles. The van der Waals surface area contributed by atoms with E-state index < -0.39 is 43.4 Å². The van der Waals surface area contributed by atoms with E-state index in [-0.39, 0.29) is 24.3 Å². The van der Waals surface area contributed by atoms with Gasteiger partial charge in [0.1, 0.15) is 12.6 Å². The quantitative estimate of drug-likeness (QED) is 0.274. The minimum Gasteiger partial charge on any atom is -0.445 e. The Labute approximate surface area is 229 Å². The maximum Gasteiger partial charge on any atom is 0.408 e. The smallest absolute Gasteiger partial charge is 0.408 e. The molecule has 0 aliphatic rings. The van der Waals surface area contributed by atoms with Gasteiger partial charge >= 0.3 is 6.09 Å². The Bertz CT molecular complexity index is 1270. The molecule has 0 heterocycles. The molecule has 0 saturated carbocycles. The van der Waals surface area contributed by atoms with Crippen LogP contribution in [0.15, 0.2) is 91.0 Å². The molecule has 0 spiro atoms. The van der Waals surface area contributed by atoms with Crippen LogP contribution < -0.4 is 15.9 Å². The first-order valence-corrected chi connectivity index (χ1v) is 14.7. The summed E-state index contributed by atoms with van der Waals surface area (Å²) in [5, 5.41) is 5.51. The van der Waals surface area contributed by atoms with Gasteiger partial charge in [0, 0.05) is 5.30 Å². The molecular formula is C30H35N2O6P. The van der Waals surface area contributed by atoms with Gasteiger partial charge in [-0.3, -0.25) is 14.2 Å². The Kier molecular flexibility index (Phi) is 11.0. The molecule has 3 atom stereocenters. The highest BCUT2D eigenvalue weighted by atomic mass is 31.2. The fraction of sp³-hybridized carbons (Fsp3) is 0.300. The van der Waals surface area contributed by atoms with Crippen molar-refractivity contribution < 1.29 is 28.6 Å². The predicted molar refractivity (Wildman–Crippen MR) is 151 cm³/mol. The molecule has 8 nitrogen and oxygen atoms in total. The number of amides is 2. The number of ketones is 1. The zero-order chi connectivity index (χ0) is 28.3. The molecule has 3 N–H and O–H groups in total. The molecule has 0 aliphatic heterocycles. The topological polar surface area (TPSA) is 122 Å². The minimum atomic E-state index is -4.00. The average Bonchev–Trinajstić information content (AvgIpc) is 2.92. The lowest BCUT2D eigenvalue weighted by Gasteiger charge is -2.24. The number of hydrogen-bond acceptors (Lipinski definition) is 5. The van der Waals surface area contributed by atoms with Gasteiger partial charge in [-0.1, -0.05) is 92.7 Å². The Morgan fingerprint density at radius 3 is 1.90 bits per heavy atom. The van der Waals surface area contributed by atoms with Crippen LogP contribution in [0.2, 0.25) is 0 Å². The van der Waals surface area contributed by atoms with Crippen molar-refractivity contribution in [1.29, 1.82) is 0 Å². The fourth-order valence-electron chi connectivity index (χ4n) is 4.05. The van der Waals surface area contributed by atoms with Crippen LogP contribution in [0.3, 0.4) is 0 Å². The Morgan fingerprint density at radius 2 is 1.33 bits per heavy atom. The van der Waals surface area contributed by atoms with Crippen molar-refractivity contribution in [2.45, 2.75) is 45.4 Å². The van der Waals surface area contributed by atoms with Crippen molar-refractivity contribution in [2.24, 2.45) is 5.92 Å². The molecule has 206 valence electrons. The normalized spacial score (nSPS) is 14.1. The lowest BCUT2D eigenvalue weighted by molar-refractivity contribution is -0.128. The van der Waals surface area contributed by atoms with Crippen molar-refractivity contribution in [3.63, 3.8) is 0 Å².